The van der Waals surface area contributed by atoms with Crippen LogP contribution in [0.4, 0.5) is 19.0 Å². The summed E-state index contributed by atoms with van der Waals surface area (Å²) in [6.07, 6.45) is -1.98. The van der Waals surface area contributed by atoms with Crippen LogP contribution in [0, 0.1) is 0 Å². The molecular formula is C15H17F3N4O. The van der Waals surface area contributed by atoms with Gasteiger partial charge in [0.25, 0.3) is 5.56 Å². The summed E-state index contributed by atoms with van der Waals surface area (Å²) in [5.41, 5.74) is -0.932. The Labute approximate surface area is 130 Å². The number of aromatic amines is 1. The minimum absolute atomic E-state index is 0.109. The molecule has 3 rings (SSSR count). The molecule has 1 aliphatic rings. The molecule has 23 heavy (non-hydrogen) atoms. The van der Waals surface area contributed by atoms with E-state index in [2.05, 4.69) is 9.97 Å². The number of rotatable bonds is 2. The molecule has 5 nitrogen and oxygen atoms in total. The largest absolute Gasteiger partial charge is 0.432 e. The van der Waals surface area contributed by atoms with Gasteiger partial charge in [-0.15, -0.1) is 0 Å². The summed E-state index contributed by atoms with van der Waals surface area (Å²) in [7, 11) is 1.69. The molecule has 2 aromatic heterocycles. The van der Waals surface area contributed by atoms with Crippen LogP contribution in [0.1, 0.15) is 30.3 Å². The second-order valence-corrected chi connectivity index (χ2v) is 5.75. The summed E-state index contributed by atoms with van der Waals surface area (Å²) in [4.78, 5) is 20.1. The van der Waals surface area contributed by atoms with Crippen molar-refractivity contribution in [2.24, 2.45) is 7.05 Å². The molecule has 1 unspecified atom stereocenters. The van der Waals surface area contributed by atoms with Gasteiger partial charge in [-0.25, -0.2) is 4.98 Å². The molecule has 8 heteroatoms. The number of H-pyrrole nitrogens is 1. The maximum Gasteiger partial charge on any atom is 0.432 e. The van der Waals surface area contributed by atoms with E-state index in [9.17, 15) is 18.0 Å². The number of pyridine rings is 1. The Morgan fingerprint density at radius 2 is 2.13 bits per heavy atom. The number of nitrogens with one attached hydrogen (secondary N) is 1. The molecule has 1 aliphatic heterocycles. The normalized spacial score (nSPS) is 19.1. The lowest BCUT2D eigenvalue weighted by molar-refractivity contribution is -0.141. The Kier molecular flexibility index (Phi) is 3.91. The highest BCUT2D eigenvalue weighted by molar-refractivity contribution is 5.40. The molecular weight excluding hydrogens is 309 g/mol. The van der Waals surface area contributed by atoms with Gasteiger partial charge in [0.05, 0.1) is 6.20 Å². The predicted molar refractivity (Wildman–Crippen MR) is 79.5 cm³/mol. The number of aromatic nitrogens is 3. The summed E-state index contributed by atoms with van der Waals surface area (Å²) >= 11 is 0. The molecule has 0 aromatic carbocycles. The average molecular weight is 326 g/mol. The van der Waals surface area contributed by atoms with Crippen molar-refractivity contribution in [2.75, 3.05) is 18.0 Å². The minimum Gasteiger partial charge on any atom is -0.357 e. The second-order valence-electron chi connectivity index (χ2n) is 5.75. The van der Waals surface area contributed by atoms with Gasteiger partial charge in [0.1, 0.15) is 17.3 Å². The van der Waals surface area contributed by atoms with E-state index in [1.54, 1.807) is 17.7 Å². The molecule has 0 aliphatic carbocycles. The molecule has 0 saturated carbocycles. The Balaban J connectivity index is 1.82. The summed E-state index contributed by atoms with van der Waals surface area (Å²) in [6.45, 7) is 1.29. The lowest BCUT2D eigenvalue weighted by Gasteiger charge is -2.34. The first-order valence-corrected chi connectivity index (χ1v) is 7.39. The fourth-order valence-electron chi connectivity index (χ4n) is 2.97. The van der Waals surface area contributed by atoms with E-state index in [1.807, 2.05) is 11.0 Å². The van der Waals surface area contributed by atoms with Crippen molar-refractivity contribution in [1.29, 1.82) is 0 Å². The highest BCUT2D eigenvalue weighted by atomic mass is 19.4. The maximum atomic E-state index is 12.7. The molecule has 0 amide bonds. The summed E-state index contributed by atoms with van der Waals surface area (Å²) < 4.78 is 39.6. The van der Waals surface area contributed by atoms with E-state index >= 15 is 0 Å². The standard InChI is InChI=1S/C15H17F3N4O/c1-21-12(5-2-6-13(21)23)22-7-3-4-10(9-22)14-19-8-11(20-14)15(16,17)18/h2,5-6,8,10H,3-4,7,9H2,1H3,(H,19,20). The number of imidazole rings is 1. The third-order valence-electron chi connectivity index (χ3n) is 4.19. The Morgan fingerprint density at radius 3 is 2.83 bits per heavy atom. The van der Waals surface area contributed by atoms with E-state index in [-0.39, 0.29) is 11.5 Å². The van der Waals surface area contributed by atoms with E-state index in [4.69, 9.17) is 0 Å². The van der Waals surface area contributed by atoms with Gasteiger partial charge in [-0.3, -0.25) is 9.36 Å². The molecule has 0 radical (unpaired) electrons. The van der Waals surface area contributed by atoms with Crippen LogP contribution in [0.25, 0.3) is 0 Å². The zero-order valence-electron chi connectivity index (χ0n) is 12.6. The fraction of sp³-hybridized carbons (Fsp3) is 0.467. The number of nitrogens with zero attached hydrogens (tertiary/aromatic N) is 3. The molecule has 0 spiro atoms. The van der Waals surface area contributed by atoms with Crippen LogP contribution in [-0.2, 0) is 13.2 Å². The molecule has 0 bridgehead atoms. The number of halogens is 3. The quantitative estimate of drug-likeness (QED) is 0.923. The summed E-state index contributed by atoms with van der Waals surface area (Å²) in [5.74, 6) is 1.00. The van der Waals surface area contributed by atoms with Gasteiger partial charge >= 0.3 is 6.18 Å². The zero-order valence-corrected chi connectivity index (χ0v) is 12.6. The van der Waals surface area contributed by atoms with Gasteiger partial charge in [-0.1, -0.05) is 6.07 Å². The molecule has 1 saturated heterocycles. The number of hydrogen-bond donors (Lipinski definition) is 1. The lowest BCUT2D eigenvalue weighted by atomic mass is 9.97. The molecule has 124 valence electrons. The van der Waals surface area contributed by atoms with Gasteiger partial charge in [-0.2, -0.15) is 13.2 Å². The van der Waals surface area contributed by atoms with Crippen molar-refractivity contribution >= 4 is 5.82 Å². The van der Waals surface area contributed by atoms with Crippen molar-refractivity contribution in [2.45, 2.75) is 24.9 Å². The van der Waals surface area contributed by atoms with Crippen molar-refractivity contribution < 1.29 is 13.2 Å². The molecule has 1 atom stereocenters. The van der Waals surface area contributed by atoms with E-state index in [0.29, 0.717) is 12.4 Å². The van der Waals surface area contributed by atoms with Crippen molar-refractivity contribution in [3.63, 3.8) is 0 Å². The summed E-state index contributed by atoms with van der Waals surface area (Å²) in [6, 6.07) is 5.01. The van der Waals surface area contributed by atoms with E-state index in [1.165, 1.54) is 6.07 Å². The molecule has 1 N–H and O–H groups in total. The van der Waals surface area contributed by atoms with Gasteiger partial charge in [0, 0.05) is 32.1 Å². The Morgan fingerprint density at radius 1 is 1.35 bits per heavy atom. The van der Waals surface area contributed by atoms with Crippen LogP contribution in [-0.4, -0.2) is 27.6 Å². The Bertz CT molecular complexity index is 750. The van der Waals surface area contributed by atoms with E-state index < -0.39 is 11.9 Å². The number of anilines is 1. The highest BCUT2D eigenvalue weighted by Crippen LogP contribution is 2.31. The first kappa shape index (κ1) is 15.6. The number of alkyl halides is 3. The van der Waals surface area contributed by atoms with Crippen LogP contribution in [0.2, 0.25) is 0 Å². The van der Waals surface area contributed by atoms with Gasteiger partial charge < -0.3 is 9.88 Å². The maximum absolute atomic E-state index is 12.7. The second kappa shape index (κ2) is 5.75. The van der Waals surface area contributed by atoms with Crippen molar-refractivity contribution in [3.05, 3.63) is 46.3 Å². The van der Waals surface area contributed by atoms with Crippen LogP contribution in [0.15, 0.2) is 29.2 Å². The average Bonchev–Trinajstić information content (AvgIpc) is 3.00. The first-order valence-electron chi connectivity index (χ1n) is 7.39. The molecule has 2 aromatic rings. The zero-order chi connectivity index (χ0) is 16.6. The van der Waals surface area contributed by atoms with Crippen LogP contribution in [0.3, 0.4) is 0 Å². The smallest absolute Gasteiger partial charge is 0.357 e. The van der Waals surface area contributed by atoms with Crippen LogP contribution in [0.5, 0.6) is 0 Å². The lowest BCUT2D eigenvalue weighted by Crippen LogP contribution is -2.38. The van der Waals surface area contributed by atoms with Crippen LogP contribution < -0.4 is 10.5 Å². The third-order valence-corrected chi connectivity index (χ3v) is 4.19. The van der Waals surface area contributed by atoms with Crippen molar-refractivity contribution in [1.82, 2.24) is 14.5 Å². The van der Waals surface area contributed by atoms with Crippen molar-refractivity contribution in [3.8, 4) is 0 Å². The number of hydrogen-bond acceptors (Lipinski definition) is 3. The SMILES string of the molecule is Cn1c(N2CCCC(c3ncc(C(F)(F)F)[nH]3)C2)cccc1=O. The fourth-order valence-corrected chi connectivity index (χ4v) is 2.97. The number of piperidine rings is 1. The van der Waals surface area contributed by atoms with Gasteiger partial charge in [0.15, 0.2) is 0 Å². The molecule has 1 fully saturated rings. The Hall–Kier alpha value is -2.25. The monoisotopic (exact) mass is 326 g/mol. The topological polar surface area (TPSA) is 53.9 Å². The third kappa shape index (κ3) is 3.11. The highest BCUT2D eigenvalue weighted by Gasteiger charge is 2.34. The predicted octanol–water partition coefficient (Wildman–Crippen LogP) is 2.51. The molecule has 3 heterocycles. The first-order chi connectivity index (χ1) is 10.9. The minimum atomic E-state index is -4.41. The van der Waals surface area contributed by atoms with Crippen LogP contribution >= 0.6 is 0 Å². The van der Waals surface area contributed by atoms with E-state index in [0.717, 1.165) is 31.4 Å². The summed E-state index contributed by atoms with van der Waals surface area (Å²) in [5, 5.41) is 0. The van der Waals surface area contributed by atoms with Gasteiger partial charge in [0.2, 0.25) is 0 Å². The van der Waals surface area contributed by atoms with Gasteiger partial charge in [-0.05, 0) is 18.9 Å².